The summed E-state index contributed by atoms with van der Waals surface area (Å²) in [5.74, 6) is -0.155. The van der Waals surface area contributed by atoms with E-state index in [1.54, 1.807) is 4.90 Å². The second-order valence-electron chi connectivity index (χ2n) is 2.92. The number of carbonyl (C=O) groups excluding carboxylic acids is 2. The summed E-state index contributed by atoms with van der Waals surface area (Å²) in [7, 11) is 0. The van der Waals surface area contributed by atoms with Gasteiger partial charge in [0.1, 0.15) is 12.2 Å². The van der Waals surface area contributed by atoms with Gasteiger partial charge >= 0.3 is 0 Å². The normalized spacial score (nSPS) is 23.8. The molecular weight excluding hydrogens is 178 g/mol. The van der Waals surface area contributed by atoms with Gasteiger partial charge in [-0.2, -0.15) is 0 Å². The minimum Gasteiger partial charge on any atom is -0.332 e. The molecule has 3 nitrogen and oxygen atoms in total. The van der Waals surface area contributed by atoms with Crippen molar-refractivity contribution >= 4 is 23.8 Å². The molecule has 68 valence electrons. The van der Waals surface area contributed by atoms with Crippen molar-refractivity contribution in [3.05, 3.63) is 0 Å². The van der Waals surface area contributed by atoms with Crippen molar-refractivity contribution in [2.45, 2.75) is 25.3 Å². The van der Waals surface area contributed by atoms with Gasteiger partial charge in [0.2, 0.25) is 5.91 Å². The van der Waals surface area contributed by atoms with Crippen LogP contribution < -0.4 is 0 Å². The number of hydrogen-bond acceptors (Lipinski definition) is 2. The van der Waals surface area contributed by atoms with E-state index in [2.05, 4.69) is 0 Å². The second-order valence-corrected chi connectivity index (χ2v) is 3.19. The van der Waals surface area contributed by atoms with Gasteiger partial charge in [-0.25, -0.2) is 0 Å². The van der Waals surface area contributed by atoms with Crippen molar-refractivity contribution in [1.82, 2.24) is 4.90 Å². The standard InChI is InChI=1S/C8H12ClNO2/c9-5-8(12)10-4-2-1-3-7(10)6-11/h6-7H,1-5H2. The molecule has 1 saturated heterocycles. The average molecular weight is 190 g/mol. The molecule has 1 atom stereocenters. The molecule has 1 aliphatic heterocycles. The van der Waals surface area contributed by atoms with Crippen LogP contribution in [0.5, 0.6) is 0 Å². The Kier molecular flexibility index (Phi) is 3.53. The van der Waals surface area contributed by atoms with Gasteiger partial charge in [-0.1, -0.05) is 0 Å². The van der Waals surface area contributed by atoms with Crippen LogP contribution in [0, 0.1) is 0 Å². The highest BCUT2D eigenvalue weighted by atomic mass is 35.5. The Labute approximate surface area is 76.7 Å². The Hall–Kier alpha value is -0.570. The van der Waals surface area contributed by atoms with E-state index in [9.17, 15) is 9.59 Å². The molecule has 0 saturated carbocycles. The zero-order valence-electron chi connectivity index (χ0n) is 6.83. The summed E-state index contributed by atoms with van der Waals surface area (Å²) >= 11 is 5.40. The number of nitrogens with zero attached hydrogens (tertiary/aromatic N) is 1. The third kappa shape index (κ3) is 1.97. The zero-order valence-corrected chi connectivity index (χ0v) is 7.59. The van der Waals surface area contributed by atoms with Gasteiger partial charge < -0.3 is 9.69 Å². The minimum atomic E-state index is -0.231. The van der Waals surface area contributed by atoms with Crippen LogP contribution >= 0.6 is 11.6 Å². The van der Waals surface area contributed by atoms with Gasteiger partial charge in [-0.05, 0) is 19.3 Å². The van der Waals surface area contributed by atoms with E-state index in [4.69, 9.17) is 11.6 Å². The van der Waals surface area contributed by atoms with Gasteiger partial charge in [-0.15, -0.1) is 11.6 Å². The molecule has 0 bridgehead atoms. The monoisotopic (exact) mass is 189 g/mol. The van der Waals surface area contributed by atoms with Gasteiger partial charge in [-0.3, -0.25) is 4.79 Å². The van der Waals surface area contributed by atoms with E-state index in [0.717, 1.165) is 25.5 Å². The Balaban J connectivity index is 2.58. The summed E-state index contributed by atoms with van der Waals surface area (Å²) in [6.07, 6.45) is 3.62. The lowest BCUT2D eigenvalue weighted by Gasteiger charge is -2.31. The van der Waals surface area contributed by atoms with Crippen LogP contribution in [0.1, 0.15) is 19.3 Å². The highest BCUT2D eigenvalue weighted by Crippen LogP contribution is 2.15. The van der Waals surface area contributed by atoms with E-state index < -0.39 is 0 Å². The summed E-state index contributed by atoms with van der Waals surface area (Å²) in [4.78, 5) is 23.3. The van der Waals surface area contributed by atoms with Crippen molar-refractivity contribution < 1.29 is 9.59 Å². The molecule has 0 aromatic rings. The molecule has 12 heavy (non-hydrogen) atoms. The van der Waals surface area contributed by atoms with Crippen molar-refractivity contribution in [3.8, 4) is 0 Å². The van der Waals surface area contributed by atoms with Crippen LogP contribution in [-0.2, 0) is 9.59 Å². The first-order valence-electron chi connectivity index (χ1n) is 4.10. The van der Waals surface area contributed by atoms with Crippen LogP contribution in [0.25, 0.3) is 0 Å². The molecule has 0 N–H and O–H groups in total. The van der Waals surface area contributed by atoms with E-state index in [1.165, 1.54) is 0 Å². The predicted octanol–water partition coefficient (Wildman–Crippen LogP) is 0.805. The van der Waals surface area contributed by atoms with E-state index >= 15 is 0 Å². The molecule has 0 aliphatic carbocycles. The fourth-order valence-electron chi connectivity index (χ4n) is 1.49. The number of likely N-dealkylation sites (tertiary alicyclic amines) is 1. The SMILES string of the molecule is O=CC1CCCCN1C(=O)CCl. The van der Waals surface area contributed by atoms with Crippen LogP contribution in [0.15, 0.2) is 0 Å². The first kappa shape index (κ1) is 9.52. The second kappa shape index (κ2) is 4.45. The quantitative estimate of drug-likeness (QED) is 0.476. The number of hydrogen-bond donors (Lipinski definition) is 0. The summed E-state index contributed by atoms with van der Waals surface area (Å²) < 4.78 is 0. The number of amides is 1. The topological polar surface area (TPSA) is 37.4 Å². The maximum absolute atomic E-state index is 11.2. The van der Waals surface area contributed by atoms with Gasteiger partial charge in [0.25, 0.3) is 0 Å². The minimum absolute atomic E-state index is 0.0235. The molecule has 0 aromatic carbocycles. The fraction of sp³-hybridized carbons (Fsp3) is 0.750. The van der Waals surface area contributed by atoms with Crippen molar-refractivity contribution in [1.29, 1.82) is 0 Å². The summed E-state index contributed by atoms with van der Waals surface area (Å²) in [5.41, 5.74) is 0. The Bertz CT molecular complexity index is 184. The highest BCUT2D eigenvalue weighted by Gasteiger charge is 2.24. The fourth-order valence-corrected chi connectivity index (χ4v) is 1.64. The first-order valence-corrected chi connectivity index (χ1v) is 4.63. The third-order valence-corrected chi connectivity index (χ3v) is 2.37. The van der Waals surface area contributed by atoms with E-state index in [-0.39, 0.29) is 17.8 Å². The van der Waals surface area contributed by atoms with Gasteiger partial charge in [0.05, 0.1) is 6.04 Å². The molecule has 0 aromatic heterocycles. The number of aldehydes is 1. The van der Waals surface area contributed by atoms with Crippen LogP contribution in [-0.4, -0.2) is 35.6 Å². The largest absolute Gasteiger partial charge is 0.332 e. The van der Waals surface area contributed by atoms with Crippen LogP contribution in [0.2, 0.25) is 0 Å². The van der Waals surface area contributed by atoms with Crippen molar-refractivity contribution in [2.75, 3.05) is 12.4 Å². The van der Waals surface area contributed by atoms with Gasteiger partial charge in [0.15, 0.2) is 0 Å². The number of carbonyl (C=O) groups is 2. The summed E-state index contributed by atoms with van der Waals surface area (Å²) in [5, 5.41) is 0. The Morgan fingerprint density at radius 2 is 2.33 bits per heavy atom. The lowest BCUT2D eigenvalue weighted by atomic mass is 10.0. The molecule has 1 fully saturated rings. The molecular formula is C8H12ClNO2. The van der Waals surface area contributed by atoms with Crippen LogP contribution in [0.3, 0.4) is 0 Å². The molecule has 1 aliphatic rings. The molecule has 1 rings (SSSR count). The zero-order chi connectivity index (χ0) is 8.97. The maximum Gasteiger partial charge on any atom is 0.238 e. The van der Waals surface area contributed by atoms with Crippen molar-refractivity contribution in [3.63, 3.8) is 0 Å². The lowest BCUT2D eigenvalue weighted by Crippen LogP contribution is -2.45. The predicted molar refractivity (Wildman–Crippen MR) is 46.1 cm³/mol. The summed E-state index contributed by atoms with van der Waals surface area (Å²) in [6.45, 7) is 0.676. The molecule has 0 radical (unpaired) electrons. The third-order valence-electron chi connectivity index (χ3n) is 2.14. The number of piperidine rings is 1. The molecule has 1 unspecified atom stereocenters. The molecule has 0 spiro atoms. The summed E-state index contributed by atoms with van der Waals surface area (Å²) in [6, 6.07) is -0.231. The number of halogens is 1. The Morgan fingerprint density at radius 1 is 1.58 bits per heavy atom. The molecule has 1 amide bonds. The average Bonchev–Trinajstić information content (AvgIpc) is 2.16. The Morgan fingerprint density at radius 3 is 2.92 bits per heavy atom. The molecule has 4 heteroatoms. The first-order chi connectivity index (χ1) is 5.79. The number of alkyl halides is 1. The maximum atomic E-state index is 11.2. The van der Waals surface area contributed by atoms with E-state index in [0.29, 0.717) is 6.54 Å². The molecule has 1 heterocycles. The number of rotatable bonds is 2. The van der Waals surface area contributed by atoms with Crippen LogP contribution in [0.4, 0.5) is 0 Å². The van der Waals surface area contributed by atoms with E-state index in [1.807, 2.05) is 0 Å². The lowest BCUT2D eigenvalue weighted by molar-refractivity contribution is -0.135. The highest BCUT2D eigenvalue weighted by molar-refractivity contribution is 6.27. The van der Waals surface area contributed by atoms with Crippen molar-refractivity contribution in [2.24, 2.45) is 0 Å². The van der Waals surface area contributed by atoms with Gasteiger partial charge in [0, 0.05) is 6.54 Å². The smallest absolute Gasteiger partial charge is 0.238 e.